The van der Waals surface area contributed by atoms with Gasteiger partial charge in [0.1, 0.15) is 11.4 Å². The van der Waals surface area contributed by atoms with Gasteiger partial charge in [-0.05, 0) is 19.1 Å². The van der Waals surface area contributed by atoms with Gasteiger partial charge in [0.15, 0.2) is 6.10 Å². The first-order valence-corrected chi connectivity index (χ1v) is 5.56. The number of hydrogen-bond acceptors (Lipinski definition) is 4. The van der Waals surface area contributed by atoms with Gasteiger partial charge in [-0.25, -0.2) is 4.98 Å². The average molecular weight is 231 g/mol. The molecule has 0 bridgehead atoms. The van der Waals surface area contributed by atoms with Gasteiger partial charge in [-0.15, -0.1) is 0 Å². The Morgan fingerprint density at radius 3 is 3.18 bits per heavy atom. The first-order valence-electron chi connectivity index (χ1n) is 5.56. The van der Waals surface area contributed by atoms with Crippen molar-refractivity contribution < 1.29 is 9.94 Å². The lowest BCUT2D eigenvalue weighted by molar-refractivity contribution is 0.0390. The second-order valence-corrected chi connectivity index (χ2v) is 4.16. The van der Waals surface area contributed by atoms with Crippen LogP contribution in [0, 0.1) is 6.92 Å². The van der Waals surface area contributed by atoms with Crippen molar-refractivity contribution in [2.45, 2.75) is 19.4 Å². The Bertz CT molecular complexity index is 588. The smallest absolute Gasteiger partial charge is 0.156 e. The van der Waals surface area contributed by atoms with Gasteiger partial charge in [0, 0.05) is 12.1 Å². The van der Waals surface area contributed by atoms with Crippen molar-refractivity contribution in [2.24, 2.45) is 5.16 Å². The van der Waals surface area contributed by atoms with Crippen molar-refractivity contribution in [3.63, 3.8) is 0 Å². The highest BCUT2D eigenvalue weighted by atomic mass is 16.6. The van der Waals surface area contributed by atoms with Crippen molar-refractivity contribution in [3.8, 4) is 0 Å². The number of aliphatic hydroxyl groups is 1. The molecular formula is C12H13N3O2. The number of rotatable bonds is 2. The van der Waals surface area contributed by atoms with Crippen LogP contribution in [-0.4, -0.2) is 32.9 Å². The Balaban J connectivity index is 2.07. The molecule has 0 spiro atoms. The Hall–Kier alpha value is -1.88. The zero-order chi connectivity index (χ0) is 11.8. The summed E-state index contributed by atoms with van der Waals surface area (Å²) in [5.41, 5.74) is 3.78. The molecule has 0 radical (unpaired) electrons. The molecule has 1 unspecified atom stereocenters. The van der Waals surface area contributed by atoms with Crippen molar-refractivity contribution in [2.75, 3.05) is 6.61 Å². The lowest BCUT2D eigenvalue weighted by atomic mass is 10.1. The van der Waals surface area contributed by atoms with Gasteiger partial charge in [-0.2, -0.15) is 0 Å². The topological polar surface area (TPSA) is 59.1 Å². The van der Waals surface area contributed by atoms with E-state index < -0.39 is 0 Å². The standard InChI is InChI=1S/C12H13N3O2/c1-8-3-2-4-12-13-6-11(15(8)12)10-5-9(7-16)17-14-10/h2-4,6,9,16H,5,7H2,1H3. The van der Waals surface area contributed by atoms with Crippen molar-refractivity contribution >= 4 is 11.4 Å². The molecule has 1 aliphatic rings. The van der Waals surface area contributed by atoms with E-state index in [4.69, 9.17) is 9.94 Å². The number of imidazole rings is 1. The van der Waals surface area contributed by atoms with E-state index in [1.807, 2.05) is 29.5 Å². The second-order valence-electron chi connectivity index (χ2n) is 4.16. The molecule has 2 aromatic heterocycles. The molecule has 1 atom stereocenters. The van der Waals surface area contributed by atoms with Crippen LogP contribution in [0.5, 0.6) is 0 Å². The van der Waals surface area contributed by atoms with Crippen molar-refractivity contribution in [1.82, 2.24) is 9.38 Å². The van der Waals surface area contributed by atoms with Gasteiger partial charge in [-0.3, -0.25) is 4.40 Å². The summed E-state index contributed by atoms with van der Waals surface area (Å²) in [5, 5.41) is 13.0. The SMILES string of the molecule is Cc1cccc2ncc(C3=NOC(CO)C3)n12. The molecule has 0 fully saturated rings. The minimum absolute atomic E-state index is 0.0112. The molecular weight excluding hydrogens is 218 g/mol. The molecule has 17 heavy (non-hydrogen) atoms. The molecule has 0 saturated carbocycles. The third-order valence-electron chi connectivity index (χ3n) is 2.96. The molecule has 0 saturated heterocycles. The zero-order valence-electron chi connectivity index (χ0n) is 9.50. The molecule has 3 rings (SSSR count). The van der Waals surface area contributed by atoms with E-state index in [9.17, 15) is 0 Å². The maximum atomic E-state index is 9.03. The maximum absolute atomic E-state index is 9.03. The maximum Gasteiger partial charge on any atom is 0.156 e. The molecule has 1 N–H and O–H groups in total. The lowest BCUT2D eigenvalue weighted by Crippen LogP contribution is -2.13. The number of aromatic nitrogens is 2. The van der Waals surface area contributed by atoms with Crippen LogP contribution in [0.25, 0.3) is 5.65 Å². The summed E-state index contributed by atoms with van der Waals surface area (Å²) in [6.45, 7) is 2.01. The number of hydrogen-bond donors (Lipinski definition) is 1. The Morgan fingerprint density at radius 1 is 1.53 bits per heavy atom. The van der Waals surface area contributed by atoms with Crippen LogP contribution in [0.15, 0.2) is 29.6 Å². The zero-order valence-corrected chi connectivity index (χ0v) is 9.50. The van der Waals surface area contributed by atoms with E-state index in [0.717, 1.165) is 22.7 Å². The van der Waals surface area contributed by atoms with Gasteiger partial charge in [0.2, 0.25) is 0 Å². The monoisotopic (exact) mass is 231 g/mol. The number of nitrogens with zero attached hydrogens (tertiary/aromatic N) is 3. The fourth-order valence-corrected chi connectivity index (χ4v) is 2.08. The fraction of sp³-hybridized carbons (Fsp3) is 0.333. The van der Waals surface area contributed by atoms with Gasteiger partial charge >= 0.3 is 0 Å². The van der Waals surface area contributed by atoms with Crippen LogP contribution < -0.4 is 0 Å². The molecule has 0 amide bonds. The summed E-state index contributed by atoms with van der Waals surface area (Å²) in [5.74, 6) is 0. The number of fused-ring (bicyclic) bond motifs is 1. The number of oxime groups is 1. The molecule has 0 aromatic carbocycles. The summed E-state index contributed by atoms with van der Waals surface area (Å²) in [7, 11) is 0. The molecule has 5 heteroatoms. The Morgan fingerprint density at radius 2 is 2.41 bits per heavy atom. The van der Waals surface area contributed by atoms with Gasteiger partial charge < -0.3 is 9.94 Å². The number of aliphatic hydroxyl groups excluding tert-OH is 1. The molecule has 88 valence electrons. The average Bonchev–Trinajstić information content (AvgIpc) is 2.94. The quantitative estimate of drug-likeness (QED) is 0.842. The fourth-order valence-electron chi connectivity index (χ4n) is 2.08. The molecule has 0 aliphatic carbocycles. The summed E-state index contributed by atoms with van der Waals surface area (Å²) < 4.78 is 2.04. The highest BCUT2D eigenvalue weighted by molar-refractivity contribution is 6.00. The Labute approximate surface area is 98.3 Å². The van der Waals surface area contributed by atoms with E-state index >= 15 is 0 Å². The molecule has 2 aromatic rings. The molecule has 5 nitrogen and oxygen atoms in total. The minimum Gasteiger partial charge on any atom is -0.392 e. The van der Waals surface area contributed by atoms with Gasteiger partial charge in [-0.1, -0.05) is 11.2 Å². The lowest BCUT2D eigenvalue weighted by Gasteiger charge is -2.04. The van der Waals surface area contributed by atoms with E-state index in [2.05, 4.69) is 10.1 Å². The minimum atomic E-state index is -0.223. The van der Waals surface area contributed by atoms with E-state index in [-0.39, 0.29) is 12.7 Å². The summed E-state index contributed by atoms with van der Waals surface area (Å²) in [6.07, 6.45) is 2.20. The van der Waals surface area contributed by atoms with Crippen molar-refractivity contribution in [1.29, 1.82) is 0 Å². The third-order valence-corrected chi connectivity index (χ3v) is 2.96. The highest BCUT2D eigenvalue weighted by Crippen LogP contribution is 2.18. The summed E-state index contributed by atoms with van der Waals surface area (Å²) >= 11 is 0. The van der Waals surface area contributed by atoms with Crippen LogP contribution in [-0.2, 0) is 4.84 Å². The Kier molecular flexibility index (Phi) is 2.33. The first kappa shape index (κ1) is 10.3. The highest BCUT2D eigenvalue weighted by Gasteiger charge is 2.23. The van der Waals surface area contributed by atoms with E-state index in [1.54, 1.807) is 6.20 Å². The van der Waals surface area contributed by atoms with Crippen LogP contribution in [0.3, 0.4) is 0 Å². The molecule has 3 heterocycles. The summed E-state index contributed by atoms with van der Waals surface area (Å²) in [6, 6.07) is 5.96. The van der Waals surface area contributed by atoms with E-state index in [1.165, 1.54) is 0 Å². The largest absolute Gasteiger partial charge is 0.392 e. The number of pyridine rings is 1. The van der Waals surface area contributed by atoms with Crippen LogP contribution >= 0.6 is 0 Å². The predicted molar refractivity (Wildman–Crippen MR) is 63.0 cm³/mol. The van der Waals surface area contributed by atoms with Crippen LogP contribution in [0.2, 0.25) is 0 Å². The van der Waals surface area contributed by atoms with E-state index in [0.29, 0.717) is 6.42 Å². The van der Waals surface area contributed by atoms with Crippen LogP contribution in [0.4, 0.5) is 0 Å². The second kappa shape index (κ2) is 3.85. The normalized spacial score (nSPS) is 19.4. The third kappa shape index (κ3) is 1.59. The van der Waals surface area contributed by atoms with Gasteiger partial charge in [0.25, 0.3) is 0 Å². The van der Waals surface area contributed by atoms with Crippen LogP contribution in [0.1, 0.15) is 17.8 Å². The molecule has 1 aliphatic heterocycles. The predicted octanol–water partition coefficient (Wildman–Crippen LogP) is 1.13. The number of aryl methyl sites for hydroxylation is 1. The first-order chi connectivity index (χ1) is 8.29. The van der Waals surface area contributed by atoms with Crippen molar-refractivity contribution in [3.05, 3.63) is 35.8 Å². The summed E-state index contributed by atoms with van der Waals surface area (Å²) in [4.78, 5) is 9.46. The van der Waals surface area contributed by atoms with Gasteiger partial charge in [0.05, 0.1) is 18.5 Å².